The summed E-state index contributed by atoms with van der Waals surface area (Å²) in [5.41, 5.74) is 1.44. The monoisotopic (exact) mass is 458 g/mol. The second-order valence-electron chi connectivity index (χ2n) is 7.12. The molecule has 1 aliphatic rings. The second kappa shape index (κ2) is 7.71. The van der Waals surface area contributed by atoms with Crippen molar-refractivity contribution in [2.24, 2.45) is 4.99 Å². The summed E-state index contributed by atoms with van der Waals surface area (Å²) >= 11 is 12.2. The van der Waals surface area contributed by atoms with Crippen LogP contribution in [0.4, 0.5) is 5.95 Å². The topological polar surface area (TPSA) is 136 Å². The van der Waals surface area contributed by atoms with E-state index in [1.165, 1.54) is 4.52 Å². The van der Waals surface area contributed by atoms with Crippen LogP contribution in [0, 0.1) is 0 Å². The van der Waals surface area contributed by atoms with Crippen molar-refractivity contribution in [1.82, 2.24) is 29.5 Å². The van der Waals surface area contributed by atoms with Crippen LogP contribution in [0.1, 0.15) is 24.1 Å². The Bertz CT molecular complexity index is 1470. The number of aromatic nitrogens is 6. The molecule has 3 aromatic heterocycles. The van der Waals surface area contributed by atoms with E-state index < -0.39 is 5.69 Å². The number of halogens is 2. The van der Waals surface area contributed by atoms with Crippen LogP contribution in [0.2, 0.25) is 10.0 Å². The van der Waals surface area contributed by atoms with Gasteiger partial charge in [0.2, 0.25) is 11.8 Å². The van der Waals surface area contributed by atoms with Gasteiger partial charge in [-0.1, -0.05) is 29.3 Å². The second-order valence-corrected chi connectivity index (χ2v) is 7.96. The number of aromatic hydroxyl groups is 1. The molecule has 0 unspecified atom stereocenters. The fourth-order valence-electron chi connectivity index (χ4n) is 3.00. The minimum atomic E-state index is -0.513. The summed E-state index contributed by atoms with van der Waals surface area (Å²) in [5.74, 6) is 0.0804. The van der Waals surface area contributed by atoms with Crippen molar-refractivity contribution in [3.8, 4) is 5.88 Å². The smallest absolute Gasteiger partial charge is 0.326 e. The number of fused-ring (bicyclic) bond motifs is 1. The van der Waals surface area contributed by atoms with Crippen LogP contribution >= 0.6 is 23.2 Å². The van der Waals surface area contributed by atoms with Gasteiger partial charge in [0.1, 0.15) is 5.69 Å². The summed E-state index contributed by atoms with van der Waals surface area (Å²) in [5, 5.41) is 19.0. The van der Waals surface area contributed by atoms with Gasteiger partial charge >= 0.3 is 5.69 Å². The number of nitrogens with zero attached hydrogens (tertiary/aromatic N) is 5. The fourth-order valence-corrected chi connectivity index (χ4v) is 3.47. The summed E-state index contributed by atoms with van der Waals surface area (Å²) in [7, 11) is 0. The normalized spacial score (nSPS) is 15.2. The molecule has 12 heteroatoms. The Morgan fingerprint density at radius 2 is 2.13 bits per heavy atom. The average Bonchev–Trinajstić information content (AvgIpc) is 3.36. The highest BCUT2D eigenvalue weighted by molar-refractivity contribution is 6.35. The molecule has 3 heterocycles. The number of hydrogen-bond donors (Lipinski definition) is 4. The van der Waals surface area contributed by atoms with E-state index in [1.807, 2.05) is 6.07 Å². The molecule has 0 spiro atoms. The summed E-state index contributed by atoms with van der Waals surface area (Å²) in [6.07, 6.45) is 5.16. The standard InChI is InChI=1S/C19H16Cl2N8O2/c20-11-2-1-9(13(21)6-11)7-22-17-26-15-10(5-14-16(30)27-19(31)25-14)8-23-29(15)18(28-17)24-12-3-4-12/h1-2,5-6,8,12,30H,3-4,7H2,(H,22,24,28)(H2,25,27,31). The third kappa shape index (κ3) is 4.12. The molecule has 0 amide bonds. The highest BCUT2D eigenvalue weighted by atomic mass is 35.5. The molecule has 1 aromatic carbocycles. The molecule has 158 valence electrons. The molecule has 0 aliphatic heterocycles. The van der Waals surface area contributed by atoms with Crippen LogP contribution in [0.3, 0.4) is 0 Å². The zero-order valence-corrected chi connectivity index (χ0v) is 17.4. The van der Waals surface area contributed by atoms with Crippen LogP contribution in [0.15, 0.2) is 34.2 Å². The number of imidazole rings is 1. The zero-order valence-electron chi connectivity index (χ0n) is 15.9. The Balaban J connectivity index is 1.58. The van der Waals surface area contributed by atoms with Gasteiger partial charge in [-0.2, -0.15) is 19.6 Å². The number of hydrogen-bond acceptors (Lipinski definition) is 7. The third-order valence-corrected chi connectivity index (χ3v) is 5.30. The van der Waals surface area contributed by atoms with Crippen molar-refractivity contribution in [2.75, 3.05) is 5.32 Å². The minimum absolute atomic E-state index is 0.221. The molecule has 4 N–H and O–H groups in total. The van der Waals surface area contributed by atoms with E-state index in [9.17, 15) is 9.90 Å². The molecule has 0 radical (unpaired) electrons. The Kier molecular flexibility index (Phi) is 4.87. The van der Waals surface area contributed by atoms with Crippen molar-refractivity contribution < 1.29 is 5.11 Å². The number of rotatable bonds is 5. The lowest BCUT2D eigenvalue weighted by Gasteiger charge is -2.07. The molecule has 31 heavy (non-hydrogen) atoms. The summed E-state index contributed by atoms with van der Waals surface area (Å²) < 4.78 is 1.53. The number of anilines is 1. The molecular formula is C19H16Cl2N8O2. The first-order valence-electron chi connectivity index (χ1n) is 9.47. The first kappa shape index (κ1) is 19.6. The van der Waals surface area contributed by atoms with E-state index in [4.69, 9.17) is 23.2 Å². The number of H-pyrrole nitrogens is 2. The lowest BCUT2D eigenvalue weighted by Crippen LogP contribution is -2.24. The number of aromatic amines is 2. The predicted molar refractivity (Wildman–Crippen MR) is 115 cm³/mol. The van der Waals surface area contributed by atoms with E-state index in [2.05, 4.69) is 35.3 Å². The molecule has 1 saturated carbocycles. The maximum atomic E-state index is 11.4. The molecule has 1 fully saturated rings. The zero-order chi connectivity index (χ0) is 21.5. The van der Waals surface area contributed by atoms with Gasteiger partial charge in [0, 0.05) is 21.8 Å². The van der Waals surface area contributed by atoms with Crippen molar-refractivity contribution >= 4 is 40.9 Å². The maximum Gasteiger partial charge on any atom is 0.326 e. The van der Waals surface area contributed by atoms with Crippen LogP contribution in [0.5, 0.6) is 5.88 Å². The van der Waals surface area contributed by atoms with E-state index in [0.29, 0.717) is 39.0 Å². The van der Waals surface area contributed by atoms with Gasteiger partial charge in [-0.15, -0.1) is 0 Å². The van der Waals surface area contributed by atoms with Crippen molar-refractivity contribution in [1.29, 1.82) is 0 Å². The van der Waals surface area contributed by atoms with E-state index in [1.54, 1.807) is 24.4 Å². The Morgan fingerprint density at radius 1 is 1.29 bits per heavy atom. The van der Waals surface area contributed by atoms with Crippen LogP contribution in [0.25, 0.3) is 11.7 Å². The predicted octanol–water partition coefficient (Wildman–Crippen LogP) is 1.38. The summed E-state index contributed by atoms with van der Waals surface area (Å²) in [6.45, 7) is 0.383. The Labute approximate surface area is 184 Å². The summed E-state index contributed by atoms with van der Waals surface area (Å²) in [6, 6.07) is 5.48. The van der Waals surface area contributed by atoms with Crippen LogP contribution in [-0.2, 0) is 6.54 Å². The van der Waals surface area contributed by atoms with Crippen molar-refractivity contribution in [3.63, 3.8) is 0 Å². The molecule has 0 atom stereocenters. The molecule has 0 saturated heterocycles. The summed E-state index contributed by atoms with van der Waals surface area (Å²) in [4.78, 5) is 29.9. The lowest BCUT2D eigenvalue weighted by atomic mass is 10.2. The molecular weight excluding hydrogens is 443 g/mol. The lowest BCUT2D eigenvalue weighted by molar-refractivity contribution is 0.454. The van der Waals surface area contributed by atoms with E-state index >= 15 is 0 Å². The first-order valence-corrected chi connectivity index (χ1v) is 10.2. The molecule has 5 rings (SSSR count). The van der Waals surface area contributed by atoms with Gasteiger partial charge in [0.15, 0.2) is 5.65 Å². The van der Waals surface area contributed by atoms with Gasteiger partial charge in [-0.05, 0) is 36.6 Å². The van der Waals surface area contributed by atoms with Gasteiger partial charge in [0.25, 0.3) is 5.62 Å². The Hall–Kier alpha value is -3.37. The molecule has 4 aromatic rings. The van der Waals surface area contributed by atoms with E-state index in [0.717, 1.165) is 18.4 Å². The molecule has 1 aliphatic carbocycles. The van der Waals surface area contributed by atoms with Crippen LogP contribution in [-0.4, -0.2) is 40.7 Å². The number of nitrogens with one attached hydrogen (secondary N) is 3. The molecule has 0 bridgehead atoms. The van der Waals surface area contributed by atoms with E-state index in [-0.39, 0.29) is 17.6 Å². The first-order chi connectivity index (χ1) is 15.0. The average molecular weight is 459 g/mol. The van der Waals surface area contributed by atoms with Crippen molar-refractivity contribution in [3.05, 3.63) is 67.0 Å². The van der Waals surface area contributed by atoms with Gasteiger partial charge in [-0.25, -0.2) is 9.79 Å². The third-order valence-electron chi connectivity index (χ3n) is 4.71. The van der Waals surface area contributed by atoms with Crippen LogP contribution < -0.4 is 21.8 Å². The van der Waals surface area contributed by atoms with Gasteiger partial charge in [0.05, 0.1) is 12.2 Å². The van der Waals surface area contributed by atoms with Gasteiger partial charge < -0.3 is 15.4 Å². The fraction of sp³-hybridized carbons (Fsp3) is 0.211. The maximum absolute atomic E-state index is 11.4. The minimum Gasteiger partial charge on any atom is -0.493 e. The highest BCUT2D eigenvalue weighted by Crippen LogP contribution is 2.23. The highest BCUT2D eigenvalue weighted by Gasteiger charge is 2.21. The van der Waals surface area contributed by atoms with Crippen molar-refractivity contribution in [2.45, 2.75) is 25.4 Å². The quantitative estimate of drug-likeness (QED) is 0.356. The van der Waals surface area contributed by atoms with Gasteiger partial charge in [-0.3, -0.25) is 4.98 Å². The number of benzene rings is 1. The Morgan fingerprint density at radius 3 is 2.84 bits per heavy atom. The molecule has 10 nitrogen and oxygen atoms in total. The SMILES string of the molecule is O=c1[nH]c(O)c(C=c2cnn3c(=NC4CC4)nc(NCc4ccc(Cl)cc4Cl)nc23)[nH]1. The largest absolute Gasteiger partial charge is 0.493 e.